The summed E-state index contributed by atoms with van der Waals surface area (Å²) in [5, 5.41) is 0. The average Bonchev–Trinajstić information content (AvgIpc) is 2.23. The zero-order chi connectivity index (χ0) is 10.8. The van der Waals surface area contributed by atoms with E-state index in [-0.39, 0.29) is 0 Å². The molecule has 0 spiro atoms. The highest BCUT2D eigenvalue weighted by Crippen LogP contribution is 2.22. The van der Waals surface area contributed by atoms with Crippen LogP contribution in [0.4, 0.5) is 5.69 Å². The SMILES string of the molecule is Cc1ccc(-c2ccc([NH3+])c(C)c2)cc1. The number of quaternary nitrogens is 1. The fourth-order valence-electron chi connectivity index (χ4n) is 1.62. The maximum Gasteiger partial charge on any atom is 0.130 e. The summed E-state index contributed by atoms with van der Waals surface area (Å²) >= 11 is 0. The fraction of sp³-hybridized carbons (Fsp3) is 0.143. The summed E-state index contributed by atoms with van der Waals surface area (Å²) in [6.45, 7) is 4.20. The molecule has 15 heavy (non-hydrogen) atoms. The van der Waals surface area contributed by atoms with Crippen LogP contribution in [0.3, 0.4) is 0 Å². The van der Waals surface area contributed by atoms with E-state index in [4.69, 9.17) is 0 Å². The summed E-state index contributed by atoms with van der Waals surface area (Å²) in [7, 11) is 0. The first-order chi connectivity index (χ1) is 7.16. The van der Waals surface area contributed by atoms with E-state index in [1.807, 2.05) is 0 Å². The minimum absolute atomic E-state index is 1.10. The van der Waals surface area contributed by atoms with Crippen molar-refractivity contribution in [3.63, 3.8) is 0 Å². The first kappa shape index (κ1) is 9.94. The second-order valence-electron chi connectivity index (χ2n) is 4.01. The molecule has 0 aliphatic heterocycles. The van der Waals surface area contributed by atoms with Crippen molar-refractivity contribution < 1.29 is 5.73 Å². The first-order valence-electron chi connectivity index (χ1n) is 5.16. The molecule has 0 saturated heterocycles. The van der Waals surface area contributed by atoms with E-state index in [1.165, 1.54) is 22.3 Å². The third-order valence-corrected chi connectivity index (χ3v) is 2.73. The van der Waals surface area contributed by atoms with E-state index in [9.17, 15) is 0 Å². The maximum absolute atomic E-state index is 3.97. The smallest absolute Gasteiger partial charge is 0.130 e. The van der Waals surface area contributed by atoms with Gasteiger partial charge in [-0.3, -0.25) is 0 Å². The van der Waals surface area contributed by atoms with Gasteiger partial charge in [0.25, 0.3) is 0 Å². The quantitative estimate of drug-likeness (QED) is 0.729. The Bertz CT molecular complexity index is 469. The van der Waals surface area contributed by atoms with Crippen molar-refractivity contribution in [1.82, 2.24) is 0 Å². The fourth-order valence-corrected chi connectivity index (χ4v) is 1.62. The zero-order valence-corrected chi connectivity index (χ0v) is 9.25. The highest BCUT2D eigenvalue weighted by atomic mass is 14.5. The summed E-state index contributed by atoms with van der Waals surface area (Å²) in [6, 6.07) is 15.0. The van der Waals surface area contributed by atoms with Crippen molar-refractivity contribution in [3.05, 3.63) is 53.6 Å². The Kier molecular flexibility index (Phi) is 2.57. The Labute approximate surface area is 90.6 Å². The Balaban J connectivity index is 2.45. The summed E-state index contributed by atoms with van der Waals surface area (Å²) in [5.74, 6) is 0. The van der Waals surface area contributed by atoms with Gasteiger partial charge in [0, 0.05) is 5.56 Å². The van der Waals surface area contributed by atoms with Gasteiger partial charge >= 0.3 is 0 Å². The van der Waals surface area contributed by atoms with Gasteiger partial charge in [-0.2, -0.15) is 0 Å². The van der Waals surface area contributed by atoms with Gasteiger partial charge in [0.1, 0.15) is 5.69 Å². The lowest BCUT2D eigenvalue weighted by molar-refractivity contribution is -0.255. The van der Waals surface area contributed by atoms with Crippen LogP contribution in [-0.2, 0) is 0 Å². The lowest BCUT2D eigenvalue weighted by Gasteiger charge is -2.04. The molecule has 0 aliphatic carbocycles. The number of hydrogen-bond donors (Lipinski definition) is 1. The molecule has 0 radical (unpaired) electrons. The number of hydrogen-bond acceptors (Lipinski definition) is 0. The summed E-state index contributed by atoms with van der Waals surface area (Å²) in [6.07, 6.45) is 0. The molecule has 2 aromatic carbocycles. The molecule has 1 nitrogen and oxygen atoms in total. The van der Waals surface area contributed by atoms with Crippen LogP contribution < -0.4 is 5.73 Å². The molecule has 2 aromatic rings. The van der Waals surface area contributed by atoms with Crippen molar-refractivity contribution in [1.29, 1.82) is 0 Å². The average molecular weight is 198 g/mol. The van der Waals surface area contributed by atoms with Crippen molar-refractivity contribution in [2.24, 2.45) is 0 Å². The largest absolute Gasteiger partial charge is 0.325 e. The molecule has 0 amide bonds. The molecular formula is C14H16N+. The molecule has 0 bridgehead atoms. The minimum atomic E-state index is 1.10. The standard InChI is InChI=1S/C14H15N/c1-10-3-5-12(6-4-10)13-7-8-14(15)11(2)9-13/h3-9H,15H2,1-2H3/p+1. The van der Waals surface area contributed by atoms with E-state index in [2.05, 4.69) is 62.0 Å². The lowest BCUT2D eigenvalue weighted by Crippen LogP contribution is -2.40. The van der Waals surface area contributed by atoms with Crippen molar-refractivity contribution >= 4 is 5.69 Å². The molecule has 0 saturated carbocycles. The van der Waals surface area contributed by atoms with Gasteiger partial charge in [0.15, 0.2) is 0 Å². The predicted octanol–water partition coefficient (Wildman–Crippen LogP) is 2.84. The molecule has 0 atom stereocenters. The van der Waals surface area contributed by atoms with E-state index in [0.717, 1.165) is 5.69 Å². The van der Waals surface area contributed by atoms with Crippen LogP contribution in [0, 0.1) is 13.8 Å². The molecule has 3 N–H and O–H groups in total. The molecule has 0 aliphatic rings. The Morgan fingerprint density at radius 3 is 2.00 bits per heavy atom. The third-order valence-electron chi connectivity index (χ3n) is 2.73. The van der Waals surface area contributed by atoms with Gasteiger partial charge in [0.2, 0.25) is 0 Å². The van der Waals surface area contributed by atoms with Gasteiger partial charge in [-0.05, 0) is 43.2 Å². The van der Waals surface area contributed by atoms with Crippen LogP contribution in [0.2, 0.25) is 0 Å². The van der Waals surface area contributed by atoms with Crippen molar-refractivity contribution in [2.75, 3.05) is 0 Å². The summed E-state index contributed by atoms with van der Waals surface area (Å²) in [5.41, 5.74) is 10.1. The van der Waals surface area contributed by atoms with Crippen LogP contribution >= 0.6 is 0 Å². The summed E-state index contributed by atoms with van der Waals surface area (Å²) in [4.78, 5) is 0. The second kappa shape index (κ2) is 3.87. The van der Waals surface area contributed by atoms with E-state index in [0.29, 0.717) is 0 Å². The minimum Gasteiger partial charge on any atom is -0.325 e. The highest BCUT2D eigenvalue weighted by Gasteiger charge is 2.01. The highest BCUT2D eigenvalue weighted by molar-refractivity contribution is 5.66. The molecule has 0 heterocycles. The predicted molar refractivity (Wildman–Crippen MR) is 63.9 cm³/mol. The van der Waals surface area contributed by atoms with Crippen LogP contribution in [0.25, 0.3) is 11.1 Å². The van der Waals surface area contributed by atoms with Crippen LogP contribution in [0.1, 0.15) is 11.1 Å². The number of aryl methyl sites for hydroxylation is 2. The second-order valence-corrected chi connectivity index (χ2v) is 4.01. The number of rotatable bonds is 1. The van der Waals surface area contributed by atoms with Crippen molar-refractivity contribution in [2.45, 2.75) is 13.8 Å². The first-order valence-corrected chi connectivity index (χ1v) is 5.16. The van der Waals surface area contributed by atoms with Gasteiger partial charge < -0.3 is 5.73 Å². The Morgan fingerprint density at radius 2 is 1.40 bits per heavy atom. The normalized spacial score (nSPS) is 10.3. The Morgan fingerprint density at radius 1 is 0.800 bits per heavy atom. The maximum atomic E-state index is 3.97. The monoisotopic (exact) mass is 198 g/mol. The van der Waals surface area contributed by atoms with Crippen LogP contribution in [-0.4, -0.2) is 0 Å². The van der Waals surface area contributed by atoms with Gasteiger partial charge in [0.05, 0.1) is 0 Å². The number of benzene rings is 2. The van der Waals surface area contributed by atoms with Gasteiger partial charge in [-0.25, -0.2) is 0 Å². The Hall–Kier alpha value is -1.60. The molecule has 0 fully saturated rings. The zero-order valence-electron chi connectivity index (χ0n) is 9.25. The van der Waals surface area contributed by atoms with Gasteiger partial charge in [-0.15, -0.1) is 0 Å². The van der Waals surface area contributed by atoms with Crippen LogP contribution in [0.15, 0.2) is 42.5 Å². The van der Waals surface area contributed by atoms with Crippen molar-refractivity contribution in [3.8, 4) is 11.1 Å². The van der Waals surface area contributed by atoms with Gasteiger partial charge in [-0.1, -0.05) is 29.8 Å². The molecule has 0 aromatic heterocycles. The van der Waals surface area contributed by atoms with E-state index in [1.54, 1.807) is 0 Å². The molecule has 1 heteroatoms. The van der Waals surface area contributed by atoms with E-state index >= 15 is 0 Å². The lowest BCUT2D eigenvalue weighted by atomic mass is 10.0. The molecular weight excluding hydrogens is 182 g/mol. The molecule has 76 valence electrons. The molecule has 2 rings (SSSR count). The summed E-state index contributed by atoms with van der Waals surface area (Å²) < 4.78 is 0. The topological polar surface area (TPSA) is 27.6 Å². The van der Waals surface area contributed by atoms with E-state index < -0.39 is 0 Å². The molecule has 0 unspecified atom stereocenters. The van der Waals surface area contributed by atoms with Crippen LogP contribution in [0.5, 0.6) is 0 Å². The third kappa shape index (κ3) is 2.08.